The Bertz CT molecular complexity index is 2400. The molecule has 1 nitrogen and oxygen atoms in total. The fourth-order valence-electron chi connectivity index (χ4n) is 7.42. The van der Waals surface area contributed by atoms with Crippen molar-refractivity contribution in [1.82, 2.24) is 0 Å². The van der Waals surface area contributed by atoms with Gasteiger partial charge in [-0.3, -0.25) is 0 Å². The lowest BCUT2D eigenvalue weighted by Crippen LogP contribution is -2.11. The molecule has 7 aromatic carbocycles. The summed E-state index contributed by atoms with van der Waals surface area (Å²) in [5.41, 5.74) is 7.49. The second kappa shape index (κ2) is 10.5. The predicted molar refractivity (Wildman–Crippen MR) is 194 cm³/mol. The molecule has 0 aromatic heterocycles. The summed E-state index contributed by atoms with van der Waals surface area (Å²) >= 11 is 0. The van der Waals surface area contributed by atoms with Gasteiger partial charge in [0.1, 0.15) is 0 Å². The molecular weight excluding hydrogens is 542 g/mol. The quantitative estimate of drug-likeness (QED) is 0.189. The SMILES string of the molecule is C1=CC2=CC(c3cc4cc(N(c5ccccc5)c5cccc6ccccc56)c5ccccc5c4c4ccccc34)=CCC2C=C1. The van der Waals surface area contributed by atoms with E-state index in [1.165, 1.54) is 71.2 Å². The van der Waals surface area contributed by atoms with E-state index < -0.39 is 0 Å². The first-order valence-electron chi connectivity index (χ1n) is 15.8. The van der Waals surface area contributed by atoms with Crippen LogP contribution in [0.3, 0.4) is 0 Å². The highest BCUT2D eigenvalue weighted by Crippen LogP contribution is 2.46. The molecular formula is C44H31N. The number of anilines is 3. The highest BCUT2D eigenvalue weighted by molar-refractivity contribution is 6.25. The number of nitrogens with zero attached hydrogens (tertiary/aromatic N) is 1. The van der Waals surface area contributed by atoms with Crippen LogP contribution in [-0.2, 0) is 0 Å². The molecule has 0 saturated heterocycles. The van der Waals surface area contributed by atoms with Crippen LogP contribution in [0.4, 0.5) is 17.1 Å². The van der Waals surface area contributed by atoms with Crippen molar-refractivity contribution in [3.8, 4) is 0 Å². The van der Waals surface area contributed by atoms with Crippen LogP contribution in [0, 0.1) is 5.92 Å². The fourth-order valence-corrected chi connectivity index (χ4v) is 7.42. The summed E-state index contributed by atoms with van der Waals surface area (Å²) in [4.78, 5) is 2.45. The molecule has 2 aliphatic rings. The van der Waals surface area contributed by atoms with E-state index in [1.807, 2.05) is 0 Å². The number of hydrogen-bond acceptors (Lipinski definition) is 1. The first kappa shape index (κ1) is 25.8. The molecule has 45 heavy (non-hydrogen) atoms. The Hall–Kier alpha value is -5.66. The summed E-state index contributed by atoms with van der Waals surface area (Å²) in [5.74, 6) is 0.473. The summed E-state index contributed by atoms with van der Waals surface area (Å²) in [6.07, 6.45) is 14.8. The third-order valence-electron chi connectivity index (χ3n) is 9.50. The third kappa shape index (κ3) is 4.24. The smallest absolute Gasteiger partial charge is 0.0546 e. The average Bonchev–Trinajstić information content (AvgIpc) is 3.11. The van der Waals surface area contributed by atoms with Crippen LogP contribution < -0.4 is 4.90 Å². The van der Waals surface area contributed by atoms with Gasteiger partial charge in [-0.1, -0.05) is 140 Å². The molecule has 212 valence electrons. The van der Waals surface area contributed by atoms with Gasteiger partial charge >= 0.3 is 0 Å². The number of benzene rings is 7. The fraction of sp³-hybridized carbons (Fsp3) is 0.0455. The number of allylic oxidation sites excluding steroid dienone is 8. The Morgan fingerprint density at radius 1 is 0.533 bits per heavy atom. The Morgan fingerprint density at radius 2 is 1.22 bits per heavy atom. The standard InChI is InChI=1S/C44H31N/c1-2-17-35(18-3-1)45(42-24-12-16-31-14-6-7-19-36(31)42)43-29-34-28-41(33-26-25-30-13-4-5-15-32(30)27-33)37-20-8-10-22-39(37)44(34)40-23-11-9-21-38(40)43/h1-24,26-30H,25H2. The molecule has 0 heterocycles. The van der Waals surface area contributed by atoms with Gasteiger partial charge in [-0.15, -0.1) is 0 Å². The number of rotatable bonds is 4. The third-order valence-corrected chi connectivity index (χ3v) is 9.50. The molecule has 1 atom stereocenters. The van der Waals surface area contributed by atoms with Gasteiger partial charge in [0.15, 0.2) is 0 Å². The van der Waals surface area contributed by atoms with Gasteiger partial charge in [0.05, 0.1) is 11.4 Å². The van der Waals surface area contributed by atoms with Crippen molar-refractivity contribution in [3.63, 3.8) is 0 Å². The zero-order chi connectivity index (χ0) is 29.7. The number of fused-ring (bicyclic) bond motifs is 7. The number of para-hydroxylation sites is 1. The summed E-state index contributed by atoms with van der Waals surface area (Å²) in [7, 11) is 0. The molecule has 0 radical (unpaired) electrons. The van der Waals surface area contributed by atoms with Crippen LogP contribution >= 0.6 is 0 Å². The lowest BCUT2D eigenvalue weighted by molar-refractivity contribution is 0.783. The zero-order valence-corrected chi connectivity index (χ0v) is 24.9. The molecule has 9 rings (SSSR count). The average molecular weight is 574 g/mol. The first-order valence-corrected chi connectivity index (χ1v) is 15.8. The van der Waals surface area contributed by atoms with Crippen LogP contribution in [0.15, 0.2) is 175 Å². The minimum absolute atomic E-state index is 0.473. The van der Waals surface area contributed by atoms with E-state index in [0.717, 1.165) is 12.1 Å². The lowest BCUT2D eigenvalue weighted by Gasteiger charge is -2.29. The topological polar surface area (TPSA) is 3.24 Å². The molecule has 0 amide bonds. The molecule has 0 N–H and O–H groups in total. The Kier molecular flexibility index (Phi) is 6.02. The minimum Gasteiger partial charge on any atom is -0.309 e. The first-order chi connectivity index (χ1) is 22.3. The van der Waals surface area contributed by atoms with E-state index in [-0.39, 0.29) is 0 Å². The van der Waals surface area contributed by atoms with E-state index in [9.17, 15) is 0 Å². The maximum atomic E-state index is 2.45. The van der Waals surface area contributed by atoms with Crippen LogP contribution in [-0.4, -0.2) is 0 Å². The van der Waals surface area contributed by atoms with Crippen molar-refractivity contribution >= 4 is 65.7 Å². The molecule has 0 spiro atoms. The van der Waals surface area contributed by atoms with Crippen LogP contribution in [0.2, 0.25) is 0 Å². The predicted octanol–water partition coefficient (Wildman–Crippen LogP) is 12.2. The maximum absolute atomic E-state index is 2.45. The summed E-state index contributed by atoms with van der Waals surface area (Å²) in [6, 6.07) is 48.8. The van der Waals surface area contributed by atoms with Crippen LogP contribution in [0.1, 0.15) is 12.0 Å². The Morgan fingerprint density at radius 3 is 2.07 bits per heavy atom. The van der Waals surface area contributed by atoms with Crippen molar-refractivity contribution in [2.45, 2.75) is 6.42 Å². The second-order valence-corrected chi connectivity index (χ2v) is 12.1. The normalized spacial score (nSPS) is 15.8. The Balaban J connectivity index is 1.37. The van der Waals surface area contributed by atoms with E-state index in [4.69, 9.17) is 0 Å². The van der Waals surface area contributed by atoms with E-state index >= 15 is 0 Å². The molecule has 1 heteroatoms. The van der Waals surface area contributed by atoms with E-state index in [0.29, 0.717) is 5.92 Å². The molecule has 0 fully saturated rings. The lowest BCUT2D eigenvalue weighted by atomic mass is 9.82. The van der Waals surface area contributed by atoms with Crippen molar-refractivity contribution in [2.24, 2.45) is 5.92 Å². The molecule has 0 bridgehead atoms. The highest BCUT2D eigenvalue weighted by Gasteiger charge is 2.22. The summed E-state index contributed by atoms with van der Waals surface area (Å²) in [6.45, 7) is 0. The second-order valence-electron chi connectivity index (χ2n) is 12.1. The van der Waals surface area contributed by atoms with E-state index in [1.54, 1.807) is 0 Å². The van der Waals surface area contributed by atoms with Gasteiger partial charge in [-0.05, 0) is 85.8 Å². The Labute approximate surface area is 263 Å². The van der Waals surface area contributed by atoms with Crippen molar-refractivity contribution in [3.05, 3.63) is 181 Å². The van der Waals surface area contributed by atoms with Crippen molar-refractivity contribution < 1.29 is 0 Å². The van der Waals surface area contributed by atoms with Gasteiger partial charge in [-0.2, -0.15) is 0 Å². The summed E-state index contributed by atoms with van der Waals surface area (Å²) in [5, 5.41) is 10.1. The highest BCUT2D eigenvalue weighted by atomic mass is 15.1. The van der Waals surface area contributed by atoms with Gasteiger partial charge in [0.2, 0.25) is 0 Å². The van der Waals surface area contributed by atoms with Crippen molar-refractivity contribution in [1.29, 1.82) is 0 Å². The van der Waals surface area contributed by atoms with Gasteiger partial charge in [-0.25, -0.2) is 0 Å². The van der Waals surface area contributed by atoms with Gasteiger partial charge in [0.25, 0.3) is 0 Å². The van der Waals surface area contributed by atoms with Crippen LogP contribution in [0.5, 0.6) is 0 Å². The molecule has 0 saturated carbocycles. The molecule has 0 aliphatic heterocycles. The summed E-state index contributed by atoms with van der Waals surface area (Å²) < 4.78 is 0. The van der Waals surface area contributed by atoms with Gasteiger partial charge in [0, 0.05) is 22.4 Å². The van der Waals surface area contributed by atoms with Gasteiger partial charge < -0.3 is 4.90 Å². The van der Waals surface area contributed by atoms with E-state index in [2.05, 4.69) is 175 Å². The molecule has 7 aromatic rings. The zero-order valence-electron chi connectivity index (χ0n) is 24.9. The largest absolute Gasteiger partial charge is 0.309 e. The number of hydrogen-bond donors (Lipinski definition) is 0. The van der Waals surface area contributed by atoms with Crippen molar-refractivity contribution in [2.75, 3.05) is 4.90 Å². The molecule has 2 aliphatic carbocycles. The minimum atomic E-state index is 0.473. The molecule has 1 unspecified atom stereocenters. The monoisotopic (exact) mass is 573 g/mol. The van der Waals surface area contributed by atoms with Crippen LogP contribution in [0.25, 0.3) is 48.7 Å². The maximum Gasteiger partial charge on any atom is 0.0546 e.